The van der Waals surface area contributed by atoms with E-state index in [4.69, 9.17) is 4.74 Å². The van der Waals surface area contributed by atoms with Crippen LogP contribution >= 0.6 is 11.3 Å². The van der Waals surface area contributed by atoms with Crippen molar-refractivity contribution in [2.45, 2.75) is 20.1 Å². The Bertz CT molecular complexity index is 862. The first kappa shape index (κ1) is 14.4. The first-order chi connectivity index (χ1) is 11.2. The summed E-state index contributed by atoms with van der Waals surface area (Å²) in [6, 6.07) is 7.92. The van der Waals surface area contributed by atoms with Crippen molar-refractivity contribution in [1.82, 2.24) is 9.97 Å². The Labute approximate surface area is 138 Å². The maximum absolute atomic E-state index is 9.37. The van der Waals surface area contributed by atoms with Crippen LogP contribution < -0.4 is 9.64 Å². The number of fused-ring (bicyclic) bond motifs is 2. The van der Waals surface area contributed by atoms with Crippen molar-refractivity contribution in [3.63, 3.8) is 0 Å². The molecule has 23 heavy (non-hydrogen) atoms. The first-order valence-electron chi connectivity index (χ1n) is 7.57. The van der Waals surface area contributed by atoms with Crippen LogP contribution in [0.5, 0.6) is 5.75 Å². The number of anilines is 1. The van der Waals surface area contributed by atoms with E-state index in [0.29, 0.717) is 13.2 Å². The fourth-order valence-corrected chi connectivity index (χ4v) is 3.72. The highest BCUT2D eigenvalue weighted by Crippen LogP contribution is 2.32. The van der Waals surface area contributed by atoms with Crippen molar-refractivity contribution < 1.29 is 9.84 Å². The zero-order chi connectivity index (χ0) is 15.8. The van der Waals surface area contributed by atoms with Crippen molar-refractivity contribution in [2.75, 3.05) is 18.1 Å². The molecular formula is C17H17N3O2S. The largest absolute Gasteiger partial charge is 0.491 e. The van der Waals surface area contributed by atoms with Crippen LogP contribution in [0, 0.1) is 6.92 Å². The van der Waals surface area contributed by atoms with Crippen LogP contribution in [0.25, 0.3) is 10.2 Å². The van der Waals surface area contributed by atoms with Crippen molar-refractivity contribution in [3.05, 3.63) is 46.6 Å². The van der Waals surface area contributed by atoms with Crippen LogP contribution in [0.4, 0.5) is 5.82 Å². The van der Waals surface area contributed by atoms with Gasteiger partial charge in [0.2, 0.25) is 0 Å². The Balaban J connectivity index is 1.77. The quantitative estimate of drug-likeness (QED) is 0.784. The monoisotopic (exact) mass is 327 g/mol. The molecule has 1 aromatic carbocycles. The summed E-state index contributed by atoms with van der Waals surface area (Å²) in [4.78, 5) is 12.4. The Morgan fingerprint density at radius 1 is 1.30 bits per heavy atom. The number of hydrogen-bond donors (Lipinski definition) is 1. The first-order valence-corrected chi connectivity index (χ1v) is 8.45. The predicted octanol–water partition coefficient (Wildman–Crippen LogP) is 2.89. The Morgan fingerprint density at radius 2 is 2.22 bits per heavy atom. The summed E-state index contributed by atoms with van der Waals surface area (Å²) in [5.41, 5.74) is 1.97. The molecule has 2 aromatic heterocycles. The van der Waals surface area contributed by atoms with Crippen LogP contribution in [0.3, 0.4) is 0 Å². The second-order valence-corrected chi connectivity index (χ2v) is 6.50. The van der Waals surface area contributed by atoms with Gasteiger partial charge in [-0.15, -0.1) is 11.3 Å². The van der Waals surface area contributed by atoms with E-state index in [1.165, 1.54) is 0 Å². The molecule has 1 aliphatic rings. The van der Waals surface area contributed by atoms with Crippen molar-refractivity contribution >= 4 is 27.4 Å². The Kier molecular flexibility index (Phi) is 3.63. The molecule has 0 saturated heterocycles. The summed E-state index contributed by atoms with van der Waals surface area (Å²) >= 11 is 1.63. The summed E-state index contributed by atoms with van der Waals surface area (Å²) in [6.45, 7) is 4.05. The van der Waals surface area contributed by atoms with Crippen molar-refractivity contribution in [3.8, 4) is 5.75 Å². The van der Waals surface area contributed by atoms with Gasteiger partial charge in [0.05, 0.1) is 18.5 Å². The lowest BCUT2D eigenvalue weighted by molar-refractivity contribution is 0.281. The standard InChI is InChI=1S/C17H17N3O2S/c1-11-18-16(14-4-7-23-17(14)19-11)20-5-6-22-15-3-2-12(10-21)8-13(15)9-20/h2-4,7-8,21H,5-6,9-10H2,1H3. The molecule has 0 unspecified atom stereocenters. The van der Waals surface area contributed by atoms with Gasteiger partial charge in [-0.05, 0) is 36.1 Å². The lowest BCUT2D eigenvalue weighted by Crippen LogP contribution is -2.26. The second kappa shape index (κ2) is 5.79. The highest BCUT2D eigenvalue weighted by atomic mass is 32.1. The van der Waals surface area contributed by atoms with E-state index in [2.05, 4.69) is 26.3 Å². The zero-order valence-corrected chi connectivity index (χ0v) is 13.6. The number of aryl methyl sites for hydroxylation is 1. The molecular weight excluding hydrogens is 310 g/mol. The van der Waals surface area contributed by atoms with Gasteiger partial charge in [0.15, 0.2) is 0 Å². The summed E-state index contributed by atoms with van der Waals surface area (Å²) in [6.07, 6.45) is 0. The van der Waals surface area contributed by atoms with Gasteiger partial charge in [0.25, 0.3) is 0 Å². The molecule has 1 N–H and O–H groups in total. The molecule has 0 bridgehead atoms. The number of ether oxygens (including phenoxy) is 1. The van der Waals surface area contributed by atoms with Gasteiger partial charge in [-0.2, -0.15) is 0 Å². The number of rotatable bonds is 2. The van der Waals surface area contributed by atoms with Gasteiger partial charge in [-0.3, -0.25) is 0 Å². The van der Waals surface area contributed by atoms with Gasteiger partial charge in [-0.1, -0.05) is 6.07 Å². The average molecular weight is 327 g/mol. The third-order valence-corrected chi connectivity index (χ3v) is 4.81. The fraction of sp³-hybridized carbons (Fsp3) is 0.294. The van der Waals surface area contributed by atoms with E-state index in [-0.39, 0.29) is 6.61 Å². The number of thiophene rings is 1. The smallest absolute Gasteiger partial charge is 0.141 e. The third-order valence-electron chi connectivity index (χ3n) is 4.00. The summed E-state index contributed by atoms with van der Waals surface area (Å²) in [5, 5.41) is 12.5. The Morgan fingerprint density at radius 3 is 3.09 bits per heavy atom. The molecule has 0 atom stereocenters. The number of benzene rings is 1. The van der Waals surface area contributed by atoms with E-state index >= 15 is 0 Å². The lowest BCUT2D eigenvalue weighted by Gasteiger charge is -2.22. The number of aromatic nitrogens is 2. The van der Waals surface area contributed by atoms with Crippen LogP contribution in [0.15, 0.2) is 29.6 Å². The Hall–Kier alpha value is -2.18. The summed E-state index contributed by atoms with van der Waals surface area (Å²) in [5.74, 6) is 2.63. The number of aliphatic hydroxyl groups excluding tert-OH is 1. The predicted molar refractivity (Wildman–Crippen MR) is 91.1 cm³/mol. The number of aliphatic hydroxyl groups is 1. The molecule has 0 aliphatic carbocycles. The molecule has 0 spiro atoms. The highest BCUT2D eigenvalue weighted by molar-refractivity contribution is 7.16. The molecule has 0 saturated carbocycles. The molecule has 0 amide bonds. The minimum absolute atomic E-state index is 0.0364. The third kappa shape index (κ3) is 2.64. The van der Waals surface area contributed by atoms with Crippen molar-refractivity contribution in [2.24, 2.45) is 0 Å². The van der Waals surface area contributed by atoms with E-state index < -0.39 is 0 Å². The second-order valence-electron chi connectivity index (χ2n) is 5.60. The van der Waals surface area contributed by atoms with E-state index in [1.807, 2.05) is 25.1 Å². The average Bonchev–Trinajstić information content (AvgIpc) is 2.91. The molecule has 3 aromatic rings. The SMILES string of the molecule is Cc1nc(N2CCOc3ccc(CO)cc3C2)c2ccsc2n1. The maximum atomic E-state index is 9.37. The minimum Gasteiger partial charge on any atom is -0.491 e. The van der Waals surface area contributed by atoms with Gasteiger partial charge in [0, 0.05) is 12.1 Å². The van der Waals surface area contributed by atoms with Gasteiger partial charge in [0.1, 0.15) is 28.8 Å². The van der Waals surface area contributed by atoms with Crippen LogP contribution in [-0.2, 0) is 13.2 Å². The fourth-order valence-electron chi connectivity index (χ4n) is 2.91. The van der Waals surface area contributed by atoms with Crippen molar-refractivity contribution in [1.29, 1.82) is 0 Å². The van der Waals surface area contributed by atoms with E-state index in [9.17, 15) is 5.11 Å². The topological polar surface area (TPSA) is 58.5 Å². The summed E-state index contributed by atoms with van der Waals surface area (Å²) < 4.78 is 5.86. The number of hydrogen-bond acceptors (Lipinski definition) is 6. The molecule has 4 rings (SSSR count). The molecule has 3 heterocycles. The van der Waals surface area contributed by atoms with Crippen LogP contribution in [0.2, 0.25) is 0 Å². The van der Waals surface area contributed by atoms with E-state index in [0.717, 1.165) is 45.3 Å². The normalized spacial score (nSPS) is 14.4. The van der Waals surface area contributed by atoms with Crippen LogP contribution in [0.1, 0.15) is 17.0 Å². The molecule has 0 radical (unpaired) electrons. The van der Waals surface area contributed by atoms with Gasteiger partial charge < -0.3 is 14.7 Å². The minimum atomic E-state index is 0.0364. The highest BCUT2D eigenvalue weighted by Gasteiger charge is 2.20. The zero-order valence-electron chi connectivity index (χ0n) is 12.8. The van der Waals surface area contributed by atoms with Gasteiger partial charge >= 0.3 is 0 Å². The molecule has 118 valence electrons. The molecule has 6 heteroatoms. The van der Waals surface area contributed by atoms with Gasteiger partial charge in [-0.25, -0.2) is 9.97 Å². The number of nitrogens with zero attached hydrogens (tertiary/aromatic N) is 3. The molecule has 0 fully saturated rings. The lowest BCUT2D eigenvalue weighted by atomic mass is 10.1. The maximum Gasteiger partial charge on any atom is 0.141 e. The molecule has 5 nitrogen and oxygen atoms in total. The van der Waals surface area contributed by atoms with E-state index in [1.54, 1.807) is 11.3 Å². The molecule has 1 aliphatic heterocycles. The summed E-state index contributed by atoms with van der Waals surface area (Å²) in [7, 11) is 0. The van der Waals surface area contributed by atoms with Crippen LogP contribution in [-0.4, -0.2) is 28.2 Å².